The largest absolute Gasteiger partial charge is 0.508 e. The van der Waals surface area contributed by atoms with Crippen molar-refractivity contribution in [3.63, 3.8) is 0 Å². The Kier molecular flexibility index (Phi) is 8.26. The van der Waals surface area contributed by atoms with Crippen molar-refractivity contribution in [2.45, 2.75) is 9.79 Å². The van der Waals surface area contributed by atoms with Crippen molar-refractivity contribution in [1.82, 2.24) is 0 Å². The summed E-state index contributed by atoms with van der Waals surface area (Å²) >= 11 is 0. The molecule has 0 amide bonds. The highest BCUT2D eigenvalue weighted by molar-refractivity contribution is 7.86. The third-order valence-electron chi connectivity index (χ3n) is 5.50. The Bertz CT molecular complexity index is 1710. The lowest BCUT2D eigenvalue weighted by Crippen LogP contribution is -2.01. The molecule has 0 unspecified atom stereocenters. The quantitative estimate of drug-likeness (QED) is 0.124. The highest BCUT2D eigenvalue weighted by Crippen LogP contribution is 2.28. The van der Waals surface area contributed by atoms with E-state index in [-0.39, 0.29) is 34.0 Å². The number of phenolic OH excluding ortho intramolecular Hbond substituents is 2. The van der Waals surface area contributed by atoms with Gasteiger partial charge in [0.2, 0.25) is 0 Å². The summed E-state index contributed by atoms with van der Waals surface area (Å²) < 4.78 is 67.9. The van der Waals surface area contributed by atoms with Crippen LogP contribution in [0.25, 0.3) is 12.2 Å². The maximum absolute atomic E-state index is 12.1. The van der Waals surface area contributed by atoms with E-state index in [0.29, 0.717) is 11.1 Å². The molecule has 4 aromatic carbocycles. The van der Waals surface area contributed by atoms with Crippen molar-refractivity contribution < 1.29 is 36.2 Å². The van der Waals surface area contributed by atoms with Crippen LogP contribution in [0.15, 0.2) is 105 Å². The van der Waals surface area contributed by atoms with Gasteiger partial charge in [-0.05, 0) is 95.1 Å². The van der Waals surface area contributed by atoms with Crippen LogP contribution in [0.4, 0.5) is 11.4 Å². The van der Waals surface area contributed by atoms with Gasteiger partial charge in [-0.15, -0.1) is 0 Å². The fraction of sp³-hybridized carbons (Fsp3) is 0. The van der Waals surface area contributed by atoms with Crippen LogP contribution in [-0.4, -0.2) is 48.6 Å². The van der Waals surface area contributed by atoms with Crippen molar-refractivity contribution in [2.75, 3.05) is 0 Å². The molecule has 4 N–H and O–H groups in total. The van der Waals surface area contributed by atoms with E-state index in [9.17, 15) is 36.2 Å². The SMILES string of the molecule is O=S(=O)(O)c1cc(N=Cc2ccc(O)cc2)ccc1C=Cc1ccc(N=Cc2ccc(O)cc2)cc1S(=O)(=O)O. The van der Waals surface area contributed by atoms with E-state index >= 15 is 0 Å². The third-order valence-corrected chi connectivity index (χ3v) is 7.32. The second kappa shape index (κ2) is 11.6. The molecule has 0 radical (unpaired) electrons. The number of rotatable bonds is 8. The molecule has 0 heterocycles. The van der Waals surface area contributed by atoms with Gasteiger partial charge in [-0.1, -0.05) is 24.3 Å². The van der Waals surface area contributed by atoms with E-state index in [2.05, 4.69) is 9.98 Å². The van der Waals surface area contributed by atoms with E-state index in [1.54, 1.807) is 24.3 Å². The minimum atomic E-state index is -4.69. The Balaban J connectivity index is 1.66. The third kappa shape index (κ3) is 7.48. The molecular weight excluding hydrogens is 556 g/mol. The molecule has 4 aromatic rings. The normalized spacial score (nSPS) is 12.6. The van der Waals surface area contributed by atoms with Crippen LogP contribution in [0, 0.1) is 0 Å². The number of hydrogen-bond donors (Lipinski definition) is 4. The molecule has 0 atom stereocenters. The Labute approximate surface area is 230 Å². The zero-order valence-corrected chi connectivity index (χ0v) is 22.2. The summed E-state index contributed by atoms with van der Waals surface area (Å²) in [5.41, 5.74) is 1.80. The lowest BCUT2D eigenvalue weighted by atomic mass is 10.1. The number of aromatic hydroxyl groups is 2. The van der Waals surface area contributed by atoms with Crippen LogP contribution in [-0.2, 0) is 20.2 Å². The van der Waals surface area contributed by atoms with Crippen molar-refractivity contribution >= 4 is 56.2 Å². The highest BCUT2D eigenvalue weighted by Gasteiger charge is 2.17. The van der Waals surface area contributed by atoms with Gasteiger partial charge in [0.15, 0.2) is 0 Å². The van der Waals surface area contributed by atoms with E-state index < -0.39 is 30.0 Å². The van der Waals surface area contributed by atoms with Gasteiger partial charge in [0, 0.05) is 12.4 Å². The van der Waals surface area contributed by atoms with Gasteiger partial charge >= 0.3 is 0 Å². The molecule has 0 spiro atoms. The Morgan fingerprint density at radius 2 is 0.875 bits per heavy atom. The first kappa shape index (κ1) is 28.4. The zero-order valence-electron chi connectivity index (χ0n) is 20.5. The van der Waals surface area contributed by atoms with E-state index in [0.717, 1.165) is 12.1 Å². The number of phenols is 2. The Morgan fingerprint density at radius 1 is 0.525 bits per heavy atom. The summed E-state index contributed by atoms with van der Waals surface area (Å²) in [6.45, 7) is 0. The standard InChI is InChI=1S/C28H22N2O8S2/c31-25-11-1-19(2-12-25)17-29-23-9-7-21(27(15-23)39(33,34)35)5-6-22-8-10-24(16-28(22)40(36,37)38)30-18-20-3-13-26(32)14-4-20/h1-18,31-32H,(H,33,34,35)(H,36,37,38). The summed E-state index contributed by atoms with van der Waals surface area (Å²) in [6.07, 6.45) is 5.45. The van der Waals surface area contributed by atoms with Gasteiger partial charge in [0.05, 0.1) is 11.4 Å². The highest BCUT2D eigenvalue weighted by atomic mass is 32.2. The molecule has 0 aliphatic carbocycles. The molecule has 12 heteroatoms. The summed E-state index contributed by atoms with van der Waals surface area (Å²) in [4.78, 5) is 7.46. The average Bonchev–Trinajstić information content (AvgIpc) is 2.90. The number of nitrogens with zero attached hydrogens (tertiary/aromatic N) is 2. The van der Waals surface area contributed by atoms with Crippen LogP contribution < -0.4 is 0 Å². The molecule has 0 saturated carbocycles. The van der Waals surface area contributed by atoms with E-state index in [1.807, 2.05) is 0 Å². The fourth-order valence-electron chi connectivity index (χ4n) is 3.53. The summed E-state index contributed by atoms with van der Waals surface area (Å²) in [6, 6.07) is 20.4. The molecule has 10 nitrogen and oxygen atoms in total. The maximum atomic E-state index is 12.1. The topological polar surface area (TPSA) is 174 Å². The Hall–Kier alpha value is -4.62. The molecule has 40 heavy (non-hydrogen) atoms. The van der Waals surface area contributed by atoms with Crippen LogP contribution in [0.1, 0.15) is 22.3 Å². The van der Waals surface area contributed by atoms with Gasteiger partial charge in [-0.3, -0.25) is 19.1 Å². The van der Waals surface area contributed by atoms with Gasteiger partial charge in [-0.2, -0.15) is 16.8 Å². The summed E-state index contributed by atoms with van der Waals surface area (Å²) in [5.74, 6) is 0.158. The second-order valence-corrected chi connectivity index (χ2v) is 11.2. The van der Waals surface area contributed by atoms with Crippen molar-refractivity contribution in [1.29, 1.82) is 0 Å². The number of benzene rings is 4. The molecule has 0 aromatic heterocycles. The molecule has 0 saturated heterocycles. The molecule has 4 rings (SSSR count). The van der Waals surface area contributed by atoms with E-state index in [1.165, 1.54) is 73.1 Å². The summed E-state index contributed by atoms with van der Waals surface area (Å²) in [5, 5.41) is 18.8. The Morgan fingerprint density at radius 3 is 1.20 bits per heavy atom. The summed E-state index contributed by atoms with van der Waals surface area (Å²) in [7, 11) is -9.38. The fourth-order valence-corrected chi connectivity index (χ4v) is 4.93. The minimum Gasteiger partial charge on any atom is -0.508 e. The number of hydrogen-bond acceptors (Lipinski definition) is 8. The molecule has 0 aliphatic heterocycles. The van der Waals surface area contributed by atoms with Crippen molar-refractivity contribution in [3.05, 3.63) is 107 Å². The van der Waals surface area contributed by atoms with Crippen molar-refractivity contribution in [3.8, 4) is 11.5 Å². The minimum absolute atomic E-state index is 0.0433. The first-order valence-corrected chi connectivity index (χ1v) is 14.3. The predicted octanol–water partition coefficient (Wildman–Crippen LogP) is 5.26. The van der Waals surface area contributed by atoms with Crippen LogP contribution in [0.3, 0.4) is 0 Å². The van der Waals surface area contributed by atoms with Crippen molar-refractivity contribution in [2.24, 2.45) is 9.98 Å². The van der Waals surface area contributed by atoms with Gasteiger partial charge in [0.1, 0.15) is 21.3 Å². The van der Waals surface area contributed by atoms with Gasteiger partial charge in [-0.25, -0.2) is 0 Å². The lowest BCUT2D eigenvalue weighted by Gasteiger charge is -2.07. The average molecular weight is 579 g/mol. The second-order valence-electron chi connectivity index (χ2n) is 8.43. The van der Waals surface area contributed by atoms with Crippen LogP contribution in [0.5, 0.6) is 11.5 Å². The van der Waals surface area contributed by atoms with Gasteiger partial charge in [0.25, 0.3) is 20.2 Å². The molecular formula is C28H22N2O8S2. The monoisotopic (exact) mass is 578 g/mol. The van der Waals surface area contributed by atoms with E-state index in [4.69, 9.17) is 0 Å². The zero-order chi connectivity index (χ0) is 28.9. The van der Waals surface area contributed by atoms with Crippen LogP contribution in [0.2, 0.25) is 0 Å². The van der Waals surface area contributed by atoms with Gasteiger partial charge < -0.3 is 10.2 Å². The molecule has 0 fully saturated rings. The molecule has 204 valence electrons. The first-order valence-electron chi connectivity index (χ1n) is 11.5. The smallest absolute Gasteiger partial charge is 0.295 e. The number of aliphatic imine (C=N–C) groups is 2. The predicted molar refractivity (Wildman–Crippen MR) is 152 cm³/mol. The van der Waals surface area contributed by atoms with Crippen LogP contribution >= 0.6 is 0 Å². The molecule has 0 bridgehead atoms. The maximum Gasteiger partial charge on any atom is 0.295 e. The lowest BCUT2D eigenvalue weighted by molar-refractivity contribution is 0.475. The first-order chi connectivity index (χ1) is 18.9. The molecule has 0 aliphatic rings.